The fourth-order valence-corrected chi connectivity index (χ4v) is 2.36. The van der Waals surface area contributed by atoms with Crippen molar-refractivity contribution in [2.24, 2.45) is 5.73 Å². The van der Waals surface area contributed by atoms with Gasteiger partial charge < -0.3 is 5.73 Å². The van der Waals surface area contributed by atoms with Gasteiger partial charge in [-0.25, -0.2) is 4.39 Å². The molecule has 2 aromatic carbocycles. The minimum atomic E-state index is -0.450. The van der Waals surface area contributed by atoms with E-state index < -0.39 is 5.54 Å². The van der Waals surface area contributed by atoms with Gasteiger partial charge in [0.15, 0.2) is 0 Å². The van der Waals surface area contributed by atoms with E-state index in [-0.39, 0.29) is 5.82 Å². The van der Waals surface area contributed by atoms with E-state index in [4.69, 9.17) is 5.73 Å². The van der Waals surface area contributed by atoms with Crippen LogP contribution < -0.4 is 5.73 Å². The van der Waals surface area contributed by atoms with E-state index in [1.54, 1.807) is 6.07 Å². The summed E-state index contributed by atoms with van der Waals surface area (Å²) in [7, 11) is 0. The SMILES string of the molecule is Cc1cccc(C(C)(N)Cc2ccc(F)cc2C)c1. The lowest BCUT2D eigenvalue weighted by molar-refractivity contribution is 0.489. The van der Waals surface area contributed by atoms with Crippen LogP contribution in [-0.4, -0.2) is 0 Å². The molecule has 0 saturated carbocycles. The molecule has 0 aliphatic rings. The van der Waals surface area contributed by atoms with Crippen LogP contribution in [0.3, 0.4) is 0 Å². The topological polar surface area (TPSA) is 26.0 Å². The zero-order valence-electron chi connectivity index (χ0n) is 11.7. The van der Waals surface area contributed by atoms with Gasteiger partial charge in [0.2, 0.25) is 0 Å². The molecule has 2 heteroatoms. The average Bonchev–Trinajstić information content (AvgIpc) is 2.33. The Bertz CT molecular complexity index is 588. The van der Waals surface area contributed by atoms with Crippen LogP contribution in [0, 0.1) is 19.7 Å². The Morgan fingerprint density at radius 3 is 2.47 bits per heavy atom. The summed E-state index contributed by atoms with van der Waals surface area (Å²) >= 11 is 0. The zero-order chi connectivity index (χ0) is 14.0. The molecule has 0 heterocycles. The third-order valence-corrected chi connectivity index (χ3v) is 3.54. The van der Waals surface area contributed by atoms with Crippen molar-refractivity contribution >= 4 is 0 Å². The van der Waals surface area contributed by atoms with Gasteiger partial charge in [-0.15, -0.1) is 0 Å². The summed E-state index contributed by atoms with van der Waals surface area (Å²) in [5.41, 5.74) is 10.3. The summed E-state index contributed by atoms with van der Waals surface area (Å²) in [6.45, 7) is 6.00. The first-order chi connectivity index (χ1) is 8.88. The molecule has 1 unspecified atom stereocenters. The van der Waals surface area contributed by atoms with Crippen LogP contribution in [0.5, 0.6) is 0 Å². The van der Waals surface area contributed by atoms with Crippen LogP contribution in [0.15, 0.2) is 42.5 Å². The first-order valence-electron chi connectivity index (χ1n) is 6.49. The van der Waals surface area contributed by atoms with Gasteiger partial charge in [0.25, 0.3) is 0 Å². The molecule has 0 saturated heterocycles. The number of nitrogens with two attached hydrogens (primary N) is 1. The molecule has 0 bridgehead atoms. The second kappa shape index (κ2) is 5.14. The molecule has 0 aliphatic carbocycles. The largest absolute Gasteiger partial charge is 0.321 e. The third-order valence-electron chi connectivity index (χ3n) is 3.54. The first-order valence-corrected chi connectivity index (χ1v) is 6.49. The molecule has 2 aromatic rings. The predicted octanol–water partition coefficient (Wildman–Crippen LogP) is 3.86. The normalized spacial score (nSPS) is 14.2. The Balaban J connectivity index is 2.30. The summed E-state index contributed by atoms with van der Waals surface area (Å²) < 4.78 is 13.1. The van der Waals surface area contributed by atoms with Crippen LogP contribution in [0.2, 0.25) is 0 Å². The van der Waals surface area contributed by atoms with Crippen LogP contribution in [0.4, 0.5) is 4.39 Å². The molecule has 19 heavy (non-hydrogen) atoms. The maximum Gasteiger partial charge on any atom is 0.123 e. The average molecular weight is 257 g/mol. The van der Waals surface area contributed by atoms with Gasteiger partial charge in [-0.3, -0.25) is 0 Å². The van der Waals surface area contributed by atoms with Crippen molar-refractivity contribution in [1.29, 1.82) is 0 Å². The van der Waals surface area contributed by atoms with Crippen molar-refractivity contribution in [3.8, 4) is 0 Å². The maximum absolute atomic E-state index is 13.1. The highest BCUT2D eigenvalue weighted by Crippen LogP contribution is 2.25. The molecule has 2 rings (SSSR count). The Morgan fingerprint density at radius 2 is 1.84 bits per heavy atom. The molecular weight excluding hydrogens is 237 g/mol. The zero-order valence-corrected chi connectivity index (χ0v) is 11.7. The summed E-state index contributed by atoms with van der Waals surface area (Å²) in [4.78, 5) is 0. The molecule has 0 amide bonds. The molecule has 0 aromatic heterocycles. The monoisotopic (exact) mass is 257 g/mol. The third kappa shape index (κ3) is 3.21. The summed E-state index contributed by atoms with van der Waals surface area (Å²) in [6.07, 6.45) is 0.697. The lowest BCUT2D eigenvalue weighted by Crippen LogP contribution is -2.35. The Hall–Kier alpha value is -1.67. The van der Waals surface area contributed by atoms with E-state index in [1.165, 1.54) is 11.6 Å². The molecule has 1 nitrogen and oxygen atoms in total. The predicted molar refractivity (Wildman–Crippen MR) is 77.6 cm³/mol. The van der Waals surface area contributed by atoms with Gasteiger partial charge in [-0.1, -0.05) is 35.9 Å². The molecule has 0 spiro atoms. The molecule has 0 fully saturated rings. The standard InChI is InChI=1S/C17H20FN/c1-12-5-4-6-15(9-12)17(3,19)11-14-7-8-16(18)10-13(14)2/h4-10H,11,19H2,1-3H3. The van der Waals surface area contributed by atoms with Crippen molar-refractivity contribution in [2.75, 3.05) is 0 Å². The van der Waals surface area contributed by atoms with E-state index in [0.717, 1.165) is 16.7 Å². The van der Waals surface area contributed by atoms with Crippen molar-refractivity contribution in [1.82, 2.24) is 0 Å². The summed E-state index contributed by atoms with van der Waals surface area (Å²) in [6, 6.07) is 13.1. The van der Waals surface area contributed by atoms with Gasteiger partial charge in [-0.05, 0) is 56.0 Å². The molecule has 2 N–H and O–H groups in total. The second-order valence-electron chi connectivity index (χ2n) is 5.53. The van der Waals surface area contributed by atoms with Gasteiger partial charge in [0.1, 0.15) is 5.82 Å². The van der Waals surface area contributed by atoms with E-state index >= 15 is 0 Å². The fraction of sp³-hybridized carbons (Fsp3) is 0.294. The fourth-order valence-electron chi connectivity index (χ4n) is 2.36. The quantitative estimate of drug-likeness (QED) is 0.887. The smallest absolute Gasteiger partial charge is 0.123 e. The van der Waals surface area contributed by atoms with Crippen LogP contribution >= 0.6 is 0 Å². The molecule has 1 atom stereocenters. The summed E-state index contributed by atoms with van der Waals surface area (Å²) in [5.74, 6) is -0.199. The Labute approximate surface area is 114 Å². The number of hydrogen-bond acceptors (Lipinski definition) is 1. The van der Waals surface area contributed by atoms with Crippen LogP contribution in [-0.2, 0) is 12.0 Å². The van der Waals surface area contributed by atoms with Gasteiger partial charge in [0.05, 0.1) is 0 Å². The van der Waals surface area contributed by atoms with E-state index in [9.17, 15) is 4.39 Å². The lowest BCUT2D eigenvalue weighted by atomic mass is 9.85. The Kier molecular flexibility index (Phi) is 3.72. The van der Waals surface area contributed by atoms with E-state index in [2.05, 4.69) is 19.1 Å². The Morgan fingerprint density at radius 1 is 1.11 bits per heavy atom. The van der Waals surface area contributed by atoms with E-state index in [1.807, 2.05) is 32.0 Å². The molecule has 0 radical (unpaired) electrons. The maximum atomic E-state index is 13.1. The van der Waals surface area contributed by atoms with Crippen LogP contribution in [0.1, 0.15) is 29.2 Å². The van der Waals surface area contributed by atoms with Crippen molar-refractivity contribution in [2.45, 2.75) is 32.7 Å². The number of rotatable bonds is 3. The van der Waals surface area contributed by atoms with Gasteiger partial charge in [0, 0.05) is 5.54 Å². The van der Waals surface area contributed by atoms with E-state index in [0.29, 0.717) is 6.42 Å². The summed E-state index contributed by atoms with van der Waals surface area (Å²) in [5, 5.41) is 0. The van der Waals surface area contributed by atoms with Crippen LogP contribution in [0.25, 0.3) is 0 Å². The van der Waals surface area contributed by atoms with Gasteiger partial charge in [-0.2, -0.15) is 0 Å². The molecule has 100 valence electrons. The minimum absolute atomic E-state index is 0.199. The lowest BCUT2D eigenvalue weighted by Gasteiger charge is -2.26. The highest BCUT2D eigenvalue weighted by atomic mass is 19.1. The minimum Gasteiger partial charge on any atom is -0.321 e. The number of aryl methyl sites for hydroxylation is 2. The van der Waals surface area contributed by atoms with Crippen molar-refractivity contribution in [3.05, 3.63) is 70.5 Å². The van der Waals surface area contributed by atoms with Crippen molar-refractivity contribution in [3.63, 3.8) is 0 Å². The second-order valence-corrected chi connectivity index (χ2v) is 5.53. The molecular formula is C17H20FN. The van der Waals surface area contributed by atoms with Gasteiger partial charge >= 0.3 is 0 Å². The molecule has 0 aliphatic heterocycles. The number of benzene rings is 2. The highest BCUT2D eigenvalue weighted by Gasteiger charge is 2.22. The number of halogens is 1. The van der Waals surface area contributed by atoms with Crippen molar-refractivity contribution < 1.29 is 4.39 Å². The first kappa shape index (κ1) is 13.8. The number of hydrogen-bond donors (Lipinski definition) is 1. The highest BCUT2D eigenvalue weighted by molar-refractivity contribution is 5.33.